The molecule has 0 fully saturated rings. The molecule has 1 aromatic heterocycles. The predicted molar refractivity (Wildman–Crippen MR) is 102 cm³/mol. The third-order valence-corrected chi connectivity index (χ3v) is 4.43. The highest BCUT2D eigenvalue weighted by Gasteiger charge is 2.16. The molecule has 26 heavy (non-hydrogen) atoms. The number of hydrogen-bond acceptors (Lipinski definition) is 4. The quantitative estimate of drug-likeness (QED) is 0.737. The minimum Gasteiger partial charge on any atom is -0.493 e. The second kappa shape index (κ2) is 7.47. The molecule has 0 aliphatic rings. The molecule has 0 aliphatic carbocycles. The molecule has 6 nitrogen and oxygen atoms in total. The summed E-state index contributed by atoms with van der Waals surface area (Å²) < 4.78 is 12.5. The van der Waals surface area contributed by atoms with Crippen molar-refractivity contribution in [2.75, 3.05) is 19.5 Å². The average molecular weight is 353 g/mol. The van der Waals surface area contributed by atoms with Crippen LogP contribution in [-0.4, -0.2) is 29.7 Å². The lowest BCUT2D eigenvalue weighted by atomic mass is 10.00. The monoisotopic (exact) mass is 353 g/mol. The van der Waals surface area contributed by atoms with Crippen LogP contribution in [-0.2, 0) is 18.3 Å². The summed E-state index contributed by atoms with van der Waals surface area (Å²) in [5.74, 6) is 1.12. The molecule has 2 aromatic carbocycles. The largest absolute Gasteiger partial charge is 0.493 e. The van der Waals surface area contributed by atoms with E-state index in [2.05, 4.69) is 10.3 Å². The molecule has 0 radical (unpaired) electrons. The van der Waals surface area contributed by atoms with Crippen LogP contribution in [0.1, 0.15) is 12.5 Å². The molecule has 3 aromatic rings. The summed E-state index contributed by atoms with van der Waals surface area (Å²) in [4.78, 5) is 16.9. The molecule has 1 atom stereocenters. The zero-order valence-corrected chi connectivity index (χ0v) is 15.4. The molecular weight excluding hydrogens is 330 g/mol. The van der Waals surface area contributed by atoms with Gasteiger partial charge in [-0.15, -0.1) is 0 Å². The summed E-state index contributed by atoms with van der Waals surface area (Å²) >= 11 is 0. The minimum absolute atomic E-state index is 0.0323. The molecule has 1 unspecified atom stereocenters. The lowest BCUT2D eigenvalue weighted by Crippen LogP contribution is -2.22. The van der Waals surface area contributed by atoms with Gasteiger partial charge in [-0.1, -0.05) is 13.0 Å². The third kappa shape index (κ3) is 3.64. The molecule has 0 bridgehead atoms. The molecule has 1 amide bonds. The van der Waals surface area contributed by atoms with Gasteiger partial charge >= 0.3 is 0 Å². The van der Waals surface area contributed by atoms with Crippen molar-refractivity contribution in [3.8, 4) is 11.5 Å². The van der Waals surface area contributed by atoms with Crippen molar-refractivity contribution in [1.82, 2.24) is 9.55 Å². The van der Waals surface area contributed by atoms with E-state index >= 15 is 0 Å². The van der Waals surface area contributed by atoms with E-state index in [0.29, 0.717) is 17.9 Å². The van der Waals surface area contributed by atoms with E-state index in [0.717, 1.165) is 22.3 Å². The summed E-state index contributed by atoms with van der Waals surface area (Å²) in [6.07, 6.45) is 2.37. The fourth-order valence-electron chi connectivity index (χ4n) is 2.93. The maximum atomic E-state index is 12.5. The Balaban J connectivity index is 1.69. The first kappa shape index (κ1) is 17.8. The van der Waals surface area contributed by atoms with Crippen LogP contribution >= 0.6 is 0 Å². The molecule has 136 valence electrons. The summed E-state index contributed by atoms with van der Waals surface area (Å²) in [6, 6.07) is 11.4. The van der Waals surface area contributed by atoms with E-state index in [1.165, 1.54) is 0 Å². The van der Waals surface area contributed by atoms with Crippen molar-refractivity contribution >= 4 is 22.6 Å². The molecule has 1 N–H and O–H groups in total. The summed E-state index contributed by atoms with van der Waals surface area (Å²) in [5, 5.41) is 2.97. The second-order valence-electron chi connectivity index (χ2n) is 6.34. The minimum atomic E-state index is -0.187. The van der Waals surface area contributed by atoms with Gasteiger partial charge < -0.3 is 19.4 Å². The average Bonchev–Trinajstić information content (AvgIpc) is 3.01. The van der Waals surface area contributed by atoms with Crippen LogP contribution in [0.4, 0.5) is 5.69 Å². The van der Waals surface area contributed by atoms with Crippen molar-refractivity contribution in [3.63, 3.8) is 0 Å². The summed E-state index contributed by atoms with van der Waals surface area (Å²) in [5.41, 5.74) is 3.66. The Hall–Kier alpha value is -3.02. The Labute approximate surface area is 152 Å². The summed E-state index contributed by atoms with van der Waals surface area (Å²) in [7, 11) is 5.15. The Bertz CT molecular complexity index is 933. The Morgan fingerprint density at radius 1 is 1.15 bits per heavy atom. The summed E-state index contributed by atoms with van der Waals surface area (Å²) in [6.45, 7) is 1.91. The van der Waals surface area contributed by atoms with Crippen molar-refractivity contribution in [2.24, 2.45) is 13.0 Å². The van der Waals surface area contributed by atoms with Crippen LogP contribution in [0.2, 0.25) is 0 Å². The smallest absolute Gasteiger partial charge is 0.227 e. The van der Waals surface area contributed by atoms with E-state index in [9.17, 15) is 4.79 Å². The second-order valence-corrected chi connectivity index (χ2v) is 6.34. The van der Waals surface area contributed by atoms with Gasteiger partial charge in [0.15, 0.2) is 11.5 Å². The highest BCUT2D eigenvalue weighted by molar-refractivity contribution is 5.94. The first-order valence-corrected chi connectivity index (χ1v) is 8.44. The van der Waals surface area contributed by atoms with Gasteiger partial charge in [0.2, 0.25) is 5.91 Å². The van der Waals surface area contributed by atoms with E-state index in [1.807, 2.05) is 54.9 Å². The number of hydrogen-bond donors (Lipinski definition) is 1. The van der Waals surface area contributed by atoms with Gasteiger partial charge in [-0.25, -0.2) is 4.98 Å². The zero-order chi connectivity index (χ0) is 18.7. The Kier molecular flexibility index (Phi) is 5.11. The van der Waals surface area contributed by atoms with Crippen molar-refractivity contribution in [1.29, 1.82) is 0 Å². The first-order chi connectivity index (χ1) is 12.5. The lowest BCUT2D eigenvalue weighted by molar-refractivity contribution is -0.119. The van der Waals surface area contributed by atoms with E-state index < -0.39 is 0 Å². The molecule has 0 saturated carbocycles. The number of aryl methyl sites for hydroxylation is 1. The predicted octanol–water partition coefficient (Wildman–Crippen LogP) is 3.41. The van der Waals surface area contributed by atoms with Gasteiger partial charge in [-0.3, -0.25) is 4.79 Å². The number of imidazole rings is 1. The van der Waals surface area contributed by atoms with Crippen molar-refractivity contribution in [2.45, 2.75) is 13.3 Å². The number of carbonyl (C=O) groups excluding carboxylic acids is 1. The fourth-order valence-corrected chi connectivity index (χ4v) is 2.93. The number of carbonyl (C=O) groups is 1. The fraction of sp³-hybridized carbons (Fsp3) is 0.300. The number of ether oxygens (including phenoxy) is 2. The number of amides is 1. The van der Waals surface area contributed by atoms with E-state index in [4.69, 9.17) is 9.47 Å². The third-order valence-electron chi connectivity index (χ3n) is 4.43. The highest BCUT2D eigenvalue weighted by atomic mass is 16.5. The Morgan fingerprint density at radius 3 is 2.65 bits per heavy atom. The molecule has 0 aliphatic heterocycles. The van der Waals surface area contributed by atoms with Gasteiger partial charge in [-0.05, 0) is 42.3 Å². The van der Waals surface area contributed by atoms with Crippen LogP contribution in [0.3, 0.4) is 0 Å². The number of nitrogens with zero attached hydrogens (tertiary/aromatic N) is 2. The molecule has 3 rings (SSSR count). The topological polar surface area (TPSA) is 65.4 Å². The van der Waals surface area contributed by atoms with Gasteiger partial charge in [0, 0.05) is 18.7 Å². The molecule has 0 spiro atoms. The molecule has 0 saturated heterocycles. The van der Waals surface area contributed by atoms with Crippen molar-refractivity contribution in [3.05, 3.63) is 48.3 Å². The van der Waals surface area contributed by atoms with Crippen LogP contribution in [0.25, 0.3) is 11.0 Å². The molecule has 1 heterocycles. The molecular formula is C20H23N3O3. The lowest BCUT2D eigenvalue weighted by Gasteiger charge is -2.14. The number of anilines is 1. The number of aromatic nitrogens is 2. The van der Waals surface area contributed by atoms with Crippen LogP contribution < -0.4 is 14.8 Å². The standard InChI is InChI=1S/C20H23N3O3/c1-13(9-14-5-8-18(25-3)19(10-14)26-4)20(24)22-15-6-7-17-16(11-15)21-12-23(17)2/h5-8,10-13H,9H2,1-4H3,(H,22,24). The SMILES string of the molecule is COc1ccc(CC(C)C(=O)Nc2ccc3c(c2)ncn3C)cc1OC. The van der Waals surface area contributed by atoms with Gasteiger partial charge in [0.25, 0.3) is 0 Å². The zero-order valence-electron chi connectivity index (χ0n) is 15.4. The van der Waals surface area contributed by atoms with Gasteiger partial charge in [0.1, 0.15) is 0 Å². The van der Waals surface area contributed by atoms with E-state index in [-0.39, 0.29) is 11.8 Å². The maximum absolute atomic E-state index is 12.5. The number of nitrogens with one attached hydrogen (secondary N) is 1. The number of methoxy groups -OCH3 is 2. The normalized spacial score (nSPS) is 12.0. The van der Waals surface area contributed by atoms with Gasteiger partial charge in [0.05, 0.1) is 31.6 Å². The van der Waals surface area contributed by atoms with E-state index in [1.54, 1.807) is 20.5 Å². The van der Waals surface area contributed by atoms with Crippen LogP contribution in [0.5, 0.6) is 11.5 Å². The maximum Gasteiger partial charge on any atom is 0.227 e. The number of rotatable bonds is 6. The van der Waals surface area contributed by atoms with Crippen molar-refractivity contribution < 1.29 is 14.3 Å². The molecule has 6 heteroatoms. The highest BCUT2D eigenvalue weighted by Crippen LogP contribution is 2.28. The van der Waals surface area contributed by atoms with Crippen LogP contribution in [0.15, 0.2) is 42.7 Å². The number of benzene rings is 2. The number of fused-ring (bicyclic) bond motifs is 1. The van der Waals surface area contributed by atoms with Gasteiger partial charge in [-0.2, -0.15) is 0 Å². The van der Waals surface area contributed by atoms with Crippen LogP contribution in [0, 0.1) is 5.92 Å². The Morgan fingerprint density at radius 2 is 1.92 bits per heavy atom. The first-order valence-electron chi connectivity index (χ1n) is 8.44.